The number of amides is 2. The zero-order chi connectivity index (χ0) is 25.5. The number of anilines is 1. The molecule has 2 amide bonds. The summed E-state index contributed by atoms with van der Waals surface area (Å²) in [7, 11) is -2.37. The molecule has 2 rings (SSSR count). The Morgan fingerprint density at radius 2 is 1.76 bits per heavy atom. The van der Waals surface area contributed by atoms with E-state index in [2.05, 4.69) is 5.32 Å². The smallest absolute Gasteiger partial charge is 0.244 e. The molecule has 0 bridgehead atoms. The lowest BCUT2D eigenvalue weighted by atomic mass is 10.1. The van der Waals surface area contributed by atoms with Crippen LogP contribution in [-0.4, -0.2) is 57.1 Å². The molecule has 0 aliphatic rings. The van der Waals surface area contributed by atoms with Crippen LogP contribution in [0.3, 0.4) is 0 Å². The summed E-state index contributed by atoms with van der Waals surface area (Å²) in [5, 5.41) is 2.86. The molecular formula is C24H32FN3O5S. The van der Waals surface area contributed by atoms with Crippen molar-refractivity contribution in [2.45, 2.75) is 45.8 Å². The number of rotatable bonds is 11. The molecule has 34 heavy (non-hydrogen) atoms. The predicted octanol–water partition coefficient (Wildman–Crippen LogP) is 2.93. The van der Waals surface area contributed by atoms with Gasteiger partial charge in [-0.15, -0.1) is 0 Å². The monoisotopic (exact) mass is 493 g/mol. The number of nitrogens with one attached hydrogen (secondary N) is 1. The average molecular weight is 494 g/mol. The van der Waals surface area contributed by atoms with Gasteiger partial charge < -0.3 is 15.0 Å². The molecule has 0 aromatic heterocycles. The lowest BCUT2D eigenvalue weighted by Gasteiger charge is -2.32. The third-order valence-corrected chi connectivity index (χ3v) is 6.60. The highest BCUT2D eigenvalue weighted by atomic mass is 32.2. The molecule has 2 atom stereocenters. The Balaban J connectivity index is 2.37. The maximum atomic E-state index is 13.8. The van der Waals surface area contributed by atoms with E-state index in [4.69, 9.17) is 4.74 Å². The molecular weight excluding hydrogens is 461 g/mol. The summed E-state index contributed by atoms with van der Waals surface area (Å²) in [6.07, 6.45) is 1.66. The summed E-state index contributed by atoms with van der Waals surface area (Å²) in [6.45, 7) is 4.86. The maximum absolute atomic E-state index is 13.8. The highest BCUT2D eigenvalue weighted by Gasteiger charge is 2.30. The van der Waals surface area contributed by atoms with Gasteiger partial charge in [0.1, 0.15) is 24.2 Å². The van der Waals surface area contributed by atoms with Crippen LogP contribution in [0.4, 0.5) is 10.1 Å². The number of hydrogen-bond donors (Lipinski definition) is 1. The number of carbonyl (C=O) groups is 2. The van der Waals surface area contributed by atoms with Crippen LogP contribution in [-0.2, 0) is 26.2 Å². The first-order valence-electron chi connectivity index (χ1n) is 10.9. The van der Waals surface area contributed by atoms with Crippen LogP contribution < -0.4 is 14.4 Å². The number of halogens is 1. The van der Waals surface area contributed by atoms with Crippen LogP contribution in [0.2, 0.25) is 0 Å². The van der Waals surface area contributed by atoms with E-state index in [0.717, 1.165) is 22.2 Å². The Bertz CT molecular complexity index is 1090. The Labute approximate surface area is 200 Å². The van der Waals surface area contributed by atoms with Gasteiger partial charge in [-0.1, -0.05) is 25.1 Å². The fraction of sp³-hybridized carbons (Fsp3) is 0.417. The van der Waals surface area contributed by atoms with Gasteiger partial charge in [0.2, 0.25) is 21.8 Å². The zero-order valence-electron chi connectivity index (χ0n) is 20.1. The van der Waals surface area contributed by atoms with E-state index in [1.807, 2.05) is 13.8 Å². The van der Waals surface area contributed by atoms with Crippen molar-refractivity contribution in [2.75, 3.05) is 24.2 Å². The quantitative estimate of drug-likeness (QED) is 0.519. The summed E-state index contributed by atoms with van der Waals surface area (Å²) in [5.41, 5.74) is 0.756. The number of ether oxygens (including phenoxy) is 1. The predicted molar refractivity (Wildman–Crippen MR) is 129 cm³/mol. The van der Waals surface area contributed by atoms with Crippen molar-refractivity contribution < 1.29 is 27.1 Å². The van der Waals surface area contributed by atoms with E-state index in [-0.39, 0.29) is 24.2 Å². The van der Waals surface area contributed by atoms with Crippen molar-refractivity contribution in [3.8, 4) is 5.75 Å². The van der Waals surface area contributed by atoms with Crippen molar-refractivity contribution >= 4 is 27.5 Å². The van der Waals surface area contributed by atoms with E-state index in [9.17, 15) is 22.4 Å². The molecule has 2 aromatic rings. The van der Waals surface area contributed by atoms with E-state index in [1.165, 1.54) is 23.1 Å². The molecule has 10 heteroatoms. The SMILES string of the molecule is CC[C@@H](C)NC(=O)[C@@H](C)N(Cc1ccc(OC)cc1)C(=O)CN(c1cccc(F)c1)S(C)(=O)=O. The van der Waals surface area contributed by atoms with Crippen molar-refractivity contribution in [3.05, 3.63) is 59.9 Å². The van der Waals surface area contributed by atoms with Crippen molar-refractivity contribution in [2.24, 2.45) is 0 Å². The van der Waals surface area contributed by atoms with Crippen LogP contribution >= 0.6 is 0 Å². The molecule has 0 aliphatic heterocycles. The largest absolute Gasteiger partial charge is 0.497 e. The van der Waals surface area contributed by atoms with Crippen molar-refractivity contribution in [3.63, 3.8) is 0 Å². The standard InChI is InChI=1S/C24H32FN3O5S/c1-6-17(2)26-24(30)18(3)27(15-19-10-12-22(33-4)13-11-19)23(29)16-28(34(5,31)32)21-9-7-8-20(25)14-21/h7-14,17-18H,6,15-16H2,1-5H3,(H,26,30)/t17-,18-/m1/s1. The second-order valence-corrected chi connectivity index (χ2v) is 10.0. The number of methoxy groups -OCH3 is 1. The molecule has 0 spiro atoms. The van der Waals surface area contributed by atoms with Gasteiger partial charge in [-0.3, -0.25) is 13.9 Å². The molecule has 0 aliphatic carbocycles. The van der Waals surface area contributed by atoms with Crippen LogP contribution in [0.5, 0.6) is 5.75 Å². The fourth-order valence-electron chi connectivity index (χ4n) is 3.22. The zero-order valence-corrected chi connectivity index (χ0v) is 20.9. The van der Waals surface area contributed by atoms with E-state index in [1.54, 1.807) is 38.3 Å². The topological polar surface area (TPSA) is 96.0 Å². The summed E-state index contributed by atoms with van der Waals surface area (Å²) in [6, 6.07) is 11.0. The second-order valence-electron chi connectivity index (χ2n) is 8.11. The minimum atomic E-state index is -3.91. The fourth-order valence-corrected chi connectivity index (χ4v) is 4.06. The van der Waals surface area contributed by atoms with Gasteiger partial charge in [0, 0.05) is 12.6 Å². The molecule has 186 valence electrons. The molecule has 1 N–H and O–H groups in total. The molecule has 0 radical (unpaired) electrons. The normalized spacial score (nSPS) is 13.0. The summed E-state index contributed by atoms with van der Waals surface area (Å²) in [5.74, 6) is -0.946. The number of carbonyl (C=O) groups excluding carboxylic acids is 2. The van der Waals surface area contributed by atoms with Crippen LogP contribution in [0.25, 0.3) is 0 Å². The van der Waals surface area contributed by atoms with Crippen LogP contribution in [0, 0.1) is 5.82 Å². The van der Waals surface area contributed by atoms with Crippen molar-refractivity contribution in [1.82, 2.24) is 10.2 Å². The molecule has 8 nitrogen and oxygen atoms in total. The Hall–Kier alpha value is -3.14. The number of sulfonamides is 1. The number of benzene rings is 2. The minimum absolute atomic E-state index is 0.0250. The third kappa shape index (κ3) is 7.44. The summed E-state index contributed by atoms with van der Waals surface area (Å²) < 4.78 is 44.7. The first-order chi connectivity index (χ1) is 16.0. The summed E-state index contributed by atoms with van der Waals surface area (Å²) in [4.78, 5) is 27.6. The van der Waals surface area contributed by atoms with E-state index < -0.39 is 34.3 Å². The molecule has 0 saturated carbocycles. The number of hydrogen-bond acceptors (Lipinski definition) is 5. The third-order valence-electron chi connectivity index (χ3n) is 5.46. The van der Waals surface area contributed by atoms with Crippen LogP contribution in [0.1, 0.15) is 32.8 Å². The highest BCUT2D eigenvalue weighted by Crippen LogP contribution is 2.20. The lowest BCUT2D eigenvalue weighted by Crippen LogP contribution is -2.52. The second kappa shape index (κ2) is 11.8. The van der Waals surface area contributed by atoms with Gasteiger partial charge in [0.05, 0.1) is 19.1 Å². The molecule has 0 fully saturated rings. The lowest BCUT2D eigenvalue weighted by molar-refractivity contribution is -0.139. The first kappa shape index (κ1) is 27.1. The van der Waals surface area contributed by atoms with Gasteiger partial charge in [-0.05, 0) is 56.2 Å². The molecule has 0 heterocycles. The summed E-state index contributed by atoms with van der Waals surface area (Å²) >= 11 is 0. The Morgan fingerprint density at radius 3 is 2.29 bits per heavy atom. The molecule has 0 unspecified atom stereocenters. The first-order valence-corrected chi connectivity index (χ1v) is 12.8. The highest BCUT2D eigenvalue weighted by molar-refractivity contribution is 7.92. The Kier molecular flexibility index (Phi) is 9.43. The number of nitrogens with zero attached hydrogens (tertiary/aromatic N) is 2. The van der Waals surface area contributed by atoms with E-state index >= 15 is 0 Å². The van der Waals surface area contributed by atoms with Gasteiger partial charge in [0.25, 0.3) is 0 Å². The van der Waals surface area contributed by atoms with Gasteiger partial charge in [-0.2, -0.15) is 0 Å². The Morgan fingerprint density at radius 1 is 1.12 bits per heavy atom. The van der Waals surface area contributed by atoms with E-state index in [0.29, 0.717) is 12.2 Å². The maximum Gasteiger partial charge on any atom is 0.244 e. The molecule has 0 saturated heterocycles. The minimum Gasteiger partial charge on any atom is -0.497 e. The van der Waals surface area contributed by atoms with Crippen molar-refractivity contribution in [1.29, 1.82) is 0 Å². The van der Waals surface area contributed by atoms with Gasteiger partial charge in [0.15, 0.2) is 0 Å². The van der Waals surface area contributed by atoms with Gasteiger partial charge in [-0.25, -0.2) is 12.8 Å². The average Bonchev–Trinajstić information content (AvgIpc) is 2.79. The van der Waals surface area contributed by atoms with Gasteiger partial charge >= 0.3 is 0 Å². The van der Waals surface area contributed by atoms with Crippen LogP contribution in [0.15, 0.2) is 48.5 Å². The molecule has 2 aromatic carbocycles.